The Bertz CT molecular complexity index is 442. The van der Waals surface area contributed by atoms with Crippen molar-refractivity contribution in [2.75, 3.05) is 0 Å². The van der Waals surface area contributed by atoms with Crippen LogP contribution < -0.4 is 5.73 Å². The van der Waals surface area contributed by atoms with Crippen molar-refractivity contribution in [3.8, 4) is 0 Å². The summed E-state index contributed by atoms with van der Waals surface area (Å²) in [6.45, 7) is 0. The molecule has 0 radical (unpaired) electrons. The Hall–Kier alpha value is -0.830. The maximum atomic E-state index is 6.15. The van der Waals surface area contributed by atoms with Gasteiger partial charge >= 0.3 is 0 Å². The fourth-order valence-electron chi connectivity index (χ4n) is 1.69. The lowest BCUT2D eigenvalue weighted by molar-refractivity contribution is 0.722. The van der Waals surface area contributed by atoms with Gasteiger partial charge in [-0.25, -0.2) is 0 Å². The predicted octanol–water partition coefficient (Wildman–Crippen LogP) is 4.11. The summed E-state index contributed by atoms with van der Waals surface area (Å²) in [5.74, 6) is 0. The summed E-state index contributed by atoms with van der Waals surface area (Å²) < 4.78 is 1.10. The molecule has 0 amide bonds. The highest BCUT2D eigenvalue weighted by Crippen LogP contribution is 2.17. The average Bonchev–Trinajstić information content (AvgIpc) is 2.33. The molecule has 2 aromatic carbocycles. The molecule has 0 spiro atoms. The first kappa shape index (κ1) is 14.2. The lowest BCUT2D eigenvalue weighted by Crippen LogP contribution is -2.12. The third kappa shape index (κ3) is 4.15. The van der Waals surface area contributed by atoms with E-state index in [0.29, 0.717) is 0 Å². The molecule has 90 valence electrons. The molecule has 17 heavy (non-hydrogen) atoms. The zero-order chi connectivity index (χ0) is 11.4. The summed E-state index contributed by atoms with van der Waals surface area (Å²) in [7, 11) is 0. The lowest BCUT2D eigenvalue weighted by Gasteiger charge is -2.11. The van der Waals surface area contributed by atoms with Crippen LogP contribution in [-0.4, -0.2) is 0 Å². The van der Waals surface area contributed by atoms with E-state index in [0.717, 1.165) is 10.9 Å². The molecule has 1 atom stereocenters. The maximum absolute atomic E-state index is 6.15. The third-order valence-electron chi connectivity index (χ3n) is 2.60. The number of halogens is 2. The second-order valence-corrected chi connectivity index (χ2v) is 4.76. The molecule has 0 fully saturated rings. The quantitative estimate of drug-likeness (QED) is 0.906. The summed E-state index contributed by atoms with van der Waals surface area (Å²) in [5, 5.41) is 0. The van der Waals surface area contributed by atoms with E-state index in [-0.39, 0.29) is 18.4 Å². The van der Waals surface area contributed by atoms with E-state index in [1.54, 1.807) is 0 Å². The highest BCUT2D eigenvalue weighted by atomic mass is 79.9. The van der Waals surface area contributed by atoms with Gasteiger partial charge in [0.1, 0.15) is 0 Å². The molecule has 0 saturated carbocycles. The molecule has 2 aromatic rings. The van der Waals surface area contributed by atoms with E-state index in [4.69, 9.17) is 5.73 Å². The van der Waals surface area contributed by atoms with Crippen LogP contribution in [0.5, 0.6) is 0 Å². The number of nitrogens with two attached hydrogens (primary N) is 1. The second kappa shape index (κ2) is 6.80. The fourth-order valence-corrected chi connectivity index (χ4v) is 1.96. The molecule has 0 aromatic heterocycles. The molecule has 0 aliphatic rings. The molecule has 2 N–H and O–H groups in total. The first-order valence-electron chi connectivity index (χ1n) is 5.30. The van der Waals surface area contributed by atoms with Gasteiger partial charge in [-0.2, -0.15) is 0 Å². The summed E-state index contributed by atoms with van der Waals surface area (Å²) in [6, 6.07) is 18.6. The minimum atomic E-state index is 0. The van der Waals surface area contributed by atoms with Crippen LogP contribution in [0.25, 0.3) is 0 Å². The molecule has 3 heteroatoms. The molecule has 0 aliphatic carbocycles. The van der Waals surface area contributed by atoms with Crippen LogP contribution in [0.15, 0.2) is 59.1 Å². The first-order valence-corrected chi connectivity index (χ1v) is 6.10. The summed E-state index contributed by atoms with van der Waals surface area (Å²) in [5.41, 5.74) is 8.60. The average molecular weight is 313 g/mol. The van der Waals surface area contributed by atoms with Gasteiger partial charge in [0.05, 0.1) is 0 Å². The number of hydrogen-bond acceptors (Lipinski definition) is 1. The van der Waals surface area contributed by atoms with Crippen molar-refractivity contribution in [3.05, 3.63) is 70.2 Å². The number of hydrogen-bond donors (Lipinski definition) is 1. The summed E-state index contributed by atoms with van der Waals surface area (Å²) in [4.78, 5) is 0. The molecule has 0 heterocycles. The molecule has 1 nitrogen and oxygen atoms in total. The van der Waals surface area contributed by atoms with E-state index >= 15 is 0 Å². The largest absolute Gasteiger partial charge is 0.324 e. The van der Waals surface area contributed by atoms with Gasteiger partial charge in [0.2, 0.25) is 0 Å². The Kier molecular flexibility index (Phi) is 5.69. The minimum Gasteiger partial charge on any atom is -0.324 e. The van der Waals surface area contributed by atoms with Crippen LogP contribution in [0, 0.1) is 0 Å². The minimum absolute atomic E-state index is 0. The predicted molar refractivity (Wildman–Crippen MR) is 78.5 cm³/mol. The Labute approximate surface area is 117 Å². The molecule has 0 saturated heterocycles. The van der Waals surface area contributed by atoms with Crippen molar-refractivity contribution in [3.63, 3.8) is 0 Å². The number of rotatable bonds is 3. The zero-order valence-electron chi connectivity index (χ0n) is 9.34. The van der Waals surface area contributed by atoms with Crippen molar-refractivity contribution in [2.45, 2.75) is 12.5 Å². The van der Waals surface area contributed by atoms with Gasteiger partial charge in [-0.3, -0.25) is 0 Å². The number of benzene rings is 2. The van der Waals surface area contributed by atoms with Gasteiger partial charge in [0, 0.05) is 10.5 Å². The third-order valence-corrected chi connectivity index (χ3v) is 3.13. The van der Waals surface area contributed by atoms with Gasteiger partial charge in [-0.05, 0) is 29.7 Å². The maximum Gasteiger partial charge on any atom is 0.0335 e. The highest BCUT2D eigenvalue weighted by Gasteiger charge is 2.05. The molecular weight excluding hydrogens is 298 g/mol. The van der Waals surface area contributed by atoms with Crippen LogP contribution in [0.3, 0.4) is 0 Å². The van der Waals surface area contributed by atoms with E-state index in [2.05, 4.69) is 40.2 Å². The van der Waals surface area contributed by atoms with E-state index < -0.39 is 0 Å². The van der Waals surface area contributed by atoms with E-state index in [9.17, 15) is 0 Å². The van der Waals surface area contributed by atoms with Crippen LogP contribution in [0.2, 0.25) is 0 Å². The van der Waals surface area contributed by atoms with Gasteiger partial charge in [-0.15, -0.1) is 12.4 Å². The fraction of sp³-hybridized carbons (Fsp3) is 0.143. The topological polar surface area (TPSA) is 26.0 Å². The van der Waals surface area contributed by atoms with Crippen molar-refractivity contribution < 1.29 is 0 Å². The normalized spacial score (nSPS) is 11.6. The van der Waals surface area contributed by atoms with Crippen molar-refractivity contribution in [1.82, 2.24) is 0 Å². The Balaban J connectivity index is 0.00000144. The molecule has 1 unspecified atom stereocenters. The highest BCUT2D eigenvalue weighted by molar-refractivity contribution is 9.10. The summed E-state index contributed by atoms with van der Waals surface area (Å²) in [6.07, 6.45) is 0.872. The molecule has 0 aliphatic heterocycles. The Morgan fingerprint density at radius 3 is 2.12 bits per heavy atom. The Morgan fingerprint density at radius 2 is 1.53 bits per heavy atom. The molecule has 2 rings (SSSR count). The van der Waals surface area contributed by atoms with Crippen LogP contribution in [0.1, 0.15) is 17.2 Å². The van der Waals surface area contributed by atoms with Crippen LogP contribution in [-0.2, 0) is 6.42 Å². The smallest absolute Gasteiger partial charge is 0.0335 e. The van der Waals surface area contributed by atoms with E-state index in [1.807, 2.05) is 30.3 Å². The van der Waals surface area contributed by atoms with Gasteiger partial charge in [0.25, 0.3) is 0 Å². The Morgan fingerprint density at radius 1 is 0.941 bits per heavy atom. The van der Waals surface area contributed by atoms with Crippen LogP contribution in [0.4, 0.5) is 0 Å². The summed E-state index contributed by atoms with van der Waals surface area (Å²) >= 11 is 3.43. The van der Waals surface area contributed by atoms with Crippen molar-refractivity contribution in [1.29, 1.82) is 0 Å². The molecular formula is C14H15BrClN. The standard InChI is InChI=1S/C14H14BrN.ClH/c15-13-8-6-11(7-9-13)10-14(16)12-4-2-1-3-5-12;/h1-9,14H,10,16H2;1H. The van der Waals surface area contributed by atoms with Crippen molar-refractivity contribution in [2.24, 2.45) is 5.73 Å². The SMILES string of the molecule is Cl.NC(Cc1ccc(Br)cc1)c1ccccc1. The first-order chi connectivity index (χ1) is 7.75. The molecule has 0 bridgehead atoms. The van der Waals surface area contributed by atoms with Gasteiger partial charge < -0.3 is 5.73 Å². The van der Waals surface area contributed by atoms with Crippen LogP contribution >= 0.6 is 28.3 Å². The van der Waals surface area contributed by atoms with Gasteiger partial charge in [0.15, 0.2) is 0 Å². The second-order valence-electron chi connectivity index (χ2n) is 3.85. The zero-order valence-corrected chi connectivity index (χ0v) is 11.7. The van der Waals surface area contributed by atoms with E-state index in [1.165, 1.54) is 11.1 Å². The lowest BCUT2D eigenvalue weighted by atomic mass is 10.00. The monoisotopic (exact) mass is 311 g/mol. The van der Waals surface area contributed by atoms with Crippen molar-refractivity contribution >= 4 is 28.3 Å². The van der Waals surface area contributed by atoms with Gasteiger partial charge in [-0.1, -0.05) is 58.4 Å².